The molecule has 1 saturated heterocycles. The molecule has 0 radical (unpaired) electrons. The van der Waals surface area contributed by atoms with Gasteiger partial charge < -0.3 is 20.2 Å². The van der Waals surface area contributed by atoms with Crippen LogP contribution in [0.25, 0.3) is 33.7 Å². The highest BCUT2D eigenvalue weighted by atomic mass is 16.4. The van der Waals surface area contributed by atoms with Crippen molar-refractivity contribution in [1.29, 1.82) is 0 Å². The molecule has 3 N–H and O–H groups in total. The average Bonchev–Trinajstić information content (AvgIpc) is 3.38. The van der Waals surface area contributed by atoms with Crippen LogP contribution in [0.2, 0.25) is 0 Å². The van der Waals surface area contributed by atoms with E-state index in [0.29, 0.717) is 37.6 Å². The van der Waals surface area contributed by atoms with Crippen LogP contribution >= 0.6 is 0 Å². The SMILES string of the molecule is Cc1cc(-c2nc(C(N)=O)c(-c3cc4c(cnn4C)cc3N3CCC(O)CC3)o2)ccn1. The minimum atomic E-state index is -0.661. The number of carbonyl (C=O) groups excluding carboxylic acids is 1. The van der Waals surface area contributed by atoms with Crippen molar-refractivity contribution in [1.82, 2.24) is 19.7 Å². The van der Waals surface area contributed by atoms with Crippen LogP contribution in [-0.4, -0.2) is 50.0 Å². The van der Waals surface area contributed by atoms with E-state index in [2.05, 4.69) is 20.0 Å². The van der Waals surface area contributed by atoms with Crippen LogP contribution in [0.4, 0.5) is 5.69 Å². The number of oxazole rings is 1. The van der Waals surface area contributed by atoms with Gasteiger partial charge in [0, 0.05) is 54.2 Å². The molecule has 4 heterocycles. The van der Waals surface area contributed by atoms with Crippen molar-refractivity contribution < 1.29 is 14.3 Å². The van der Waals surface area contributed by atoms with E-state index in [0.717, 1.165) is 33.4 Å². The zero-order valence-corrected chi connectivity index (χ0v) is 17.9. The van der Waals surface area contributed by atoms with Crippen molar-refractivity contribution >= 4 is 22.5 Å². The Kier molecular flexibility index (Phi) is 4.90. The number of piperidine rings is 1. The minimum absolute atomic E-state index is 0.0780. The number of aliphatic hydroxyl groups is 1. The molecule has 9 heteroatoms. The van der Waals surface area contributed by atoms with Gasteiger partial charge >= 0.3 is 0 Å². The number of amides is 1. The first-order valence-electron chi connectivity index (χ1n) is 10.5. The highest BCUT2D eigenvalue weighted by molar-refractivity contribution is 6.01. The number of primary amides is 1. The maximum atomic E-state index is 12.3. The van der Waals surface area contributed by atoms with Crippen molar-refractivity contribution in [3.8, 4) is 22.8 Å². The zero-order valence-electron chi connectivity index (χ0n) is 17.9. The van der Waals surface area contributed by atoms with Crippen LogP contribution in [0.3, 0.4) is 0 Å². The summed E-state index contributed by atoms with van der Waals surface area (Å²) in [6.45, 7) is 3.26. The van der Waals surface area contributed by atoms with Gasteiger partial charge in [-0.15, -0.1) is 0 Å². The molecule has 1 aliphatic rings. The number of hydrogen-bond acceptors (Lipinski definition) is 7. The molecular weight excluding hydrogens is 408 g/mol. The Labute approximate surface area is 184 Å². The van der Waals surface area contributed by atoms with Gasteiger partial charge in [0.05, 0.1) is 17.8 Å². The summed E-state index contributed by atoms with van der Waals surface area (Å²) in [6, 6.07) is 7.62. The quantitative estimate of drug-likeness (QED) is 0.508. The van der Waals surface area contributed by atoms with Gasteiger partial charge in [0.1, 0.15) is 0 Å². The fourth-order valence-corrected chi connectivity index (χ4v) is 4.21. The van der Waals surface area contributed by atoms with E-state index in [9.17, 15) is 9.90 Å². The third-order valence-corrected chi connectivity index (χ3v) is 5.92. The van der Waals surface area contributed by atoms with Gasteiger partial charge in [0.25, 0.3) is 5.91 Å². The number of rotatable bonds is 4. The second kappa shape index (κ2) is 7.76. The molecule has 1 amide bonds. The Morgan fingerprint density at radius 3 is 2.75 bits per heavy atom. The molecule has 164 valence electrons. The molecule has 5 rings (SSSR count). The van der Waals surface area contributed by atoms with Crippen LogP contribution in [-0.2, 0) is 7.05 Å². The van der Waals surface area contributed by atoms with Gasteiger partial charge in [0.2, 0.25) is 5.89 Å². The number of aryl methyl sites for hydroxylation is 2. The van der Waals surface area contributed by atoms with Gasteiger partial charge in [-0.05, 0) is 44.0 Å². The molecule has 1 aromatic carbocycles. The van der Waals surface area contributed by atoms with Crippen LogP contribution < -0.4 is 10.6 Å². The predicted molar refractivity (Wildman–Crippen MR) is 120 cm³/mol. The molecule has 9 nitrogen and oxygen atoms in total. The zero-order chi connectivity index (χ0) is 22.4. The Morgan fingerprint density at radius 2 is 2.03 bits per heavy atom. The highest BCUT2D eigenvalue weighted by Gasteiger charge is 2.27. The summed E-state index contributed by atoms with van der Waals surface area (Å²) in [5.74, 6) is -0.0264. The number of pyridine rings is 1. The molecule has 1 fully saturated rings. The Balaban J connectivity index is 1.71. The normalized spacial score (nSPS) is 14.9. The third-order valence-electron chi connectivity index (χ3n) is 5.92. The summed E-state index contributed by atoms with van der Waals surface area (Å²) < 4.78 is 7.95. The fraction of sp³-hybridized carbons (Fsp3) is 0.304. The Hall–Kier alpha value is -3.72. The molecule has 0 unspecified atom stereocenters. The van der Waals surface area contributed by atoms with E-state index in [1.807, 2.05) is 38.4 Å². The van der Waals surface area contributed by atoms with Crippen LogP contribution in [0, 0.1) is 6.92 Å². The number of aromatic nitrogens is 4. The number of carbonyl (C=O) groups is 1. The number of nitrogens with two attached hydrogens (primary N) is 1. The Bertz CT molecular complexity index is 1320. The maximum Gasteiger partial charge on any atom is 0.271 e. The van der Waals surface area contributed by atoms with Crippen molar-refractivity contribution in [2.75, 3.05) is 18.0 Å². The van der Waals surface area contributed by atoms with E-state index >= 15 is 0 Å². The van der Waals surface area contributed by atoms with Crippen molar-refractivity contribution in [2.24, 2.45) is 12.8 Å². The first-order chi connectivity index (χ1) is 15.4. The number of benzene rings is 1. The van der Waals surface area contributed by atoms with Crippen molar-refractivity contribution in [3.63, 3.8) is 0 Å². The van der Waals surface area contributed by atoms with E-state index in [1.165, 1.54) is 0 Å². The number of hydrogen-bond donors (Lipinski definition) is 2. The fourth-order valence-electron chi connectivity index (χ4n) is 4.21. The van der Waals surface area contributed by atoms with Gasteiger partial charge in [-0.2, -0.15) is 5.10 Å². The van der Waals surface area contributed by atoms with Gasteiger partial charge in [-0.25, -0.2) is 4.98 Å². The molecule has 3 aromatic heterocycles. The lowest BCUT2D eigenvalue weighted by molar-refractivity contribution is 0.0996. The first kappa shape index (κ1) is 20.2. The molecule has 32 heavy (non-hydrogen) atoms. The van der Waals surface area contributed by atoms with Crippen LogP contribution in [0.5, 0.6) is 0 Å². The molecule has 0 spiro atoms. The molecule has 0 aliphatic carbocycles. The van der Waals surface area contributed by atoms with Gasteiger partial charge in [0.15, 0.2) is 11.5 Å². The third kappa shape index (κ3) is 3.50. The monoisotopic (exact) mass is 432 g/mol. The molecule has 1 aliphatic heterocycles. The molecular formula is C23H24N6O3. The lowest BCUT2D eigenvalue weighted by atomic mass is 10.0. The summed E-state index contributed by atoms with van der Waals surface area (Å²) in [4.78, 5) is 23.2. The Morgan fingerprint density at radius 1 is 1.25 bits per heavy atom. The number of nitrogens with zero attached hydrogens (tertiary/aromatic N) is 5. The van der Waals surface area contributed by atoms with Gasteiger partial charge in [-0.1, -0.05) is 0 Å². The second-order valence-electron chi connectivity index (χ2n) is 8.16. The summed E-state index contributed by atoms with van der Waals surface area (Å²) in [6.07, 6.45) is 4.52. The molecule has 4 aromatic rings. The predicted octanol–water partition coefficient (Wildman–Crippen LogP) is 2.66. The van der Waals surface area contributed by atoms with Crippen LogP contribution in [0.15, 0.2) is 41.1 Å². The molecule has 0 atom stereocenters. The number of fused-ring (bicyclic) bond motifs is 1. The summed E-state index contributed by atoms with van der Waals surface area (Å²) in [5, 5.41) is 15.3. The van der Waals surface area contributed by atoms with Crippen molar-refractivity contribution in [3.05, 3.63) is 48.0 Å². The summed E-state index contributed by atoms with van der Waals surface area (Å²) >= 11 is 0. The van der Waals surface area contributed by atoms with Crippen LogP contribution in [0.1, 0.15) is 29.0 Å². The topological polar surface area (TPSA) is 123 Å². The van der Waals surface area contributed by atoms with E-state index in [1.54, 1.807) is 16.9 Å². The second-order valence-corrected chi connectivity index (χ2v) is 8.16. The summed E-state index contributed by atoms with van der Waals surface area (Å²) in [5.41, 5.74) is 9.82. The molecule has 0 saturated carbocycles. The number of aliphatic hydroxyl groups excluding tert-OH is 1. The standard InChI is InChI=1S/C23H24N6O3/c1-13-9-14(3-6-25-13)23-27-20(22(24)31)21(32-23)17-11-18-15(12-26-28(18)2)10-19(17)29-7-4-16(30)5-8-29/h3,6,9-12,16,30H,4-5,7-8H2,1-2H3,(H2,24,31). The first-order valence-corrected chi connectivity index (χ1v) is 10.5. The lowest BCUT2D eigenvalue weighted by Gasteiger charge is -2.32. The average molecular weight is 432 g/mol. The molecule has 0 bridgehead atoms. The lowest BCUT2D eigenvalue weighted by Crippen LogP contribution is -2.36. The van der Waals surface area contributed by atoms with E-state index in [-0.39, 0.29) is 11.8 Å². The van der Waals surface area contributed by atoms with E-state index < -0.39 is 5.91 Å². The smallest absolute Gasteiger partial charge is 0.271 e. The largest absolute Gasteiger partial charge is 0.435 e. The summed E-state index contributed by atoms with van der Waals surface area (Å²) in [7, 11) is 1.86. The maximum absolute atomic E-state index is 12.3. The van der Waals surface area contributed by atoms with Gasteiger partial charge in [-0.3, -0.25) is 14.5 Å². The highest BCUT2D eigenvalue weighted by Crippen LogP contribution is 2.39. The van der Waals surface area contributed by atoms with E-state index in [4.69, 9.17) is 10.2 Å². The number of anilines is 1. The minimum Gasteiger partial charge on any atom is -0.435 e. The van der Waals surface area contributed by atoms with Crippen molar-refractivity contribution in [2.45, 2.75) is 25.9 Å².